The Balaban J connectivity index is 1.51. The van der Waals surface area contributed by atoms with Crippen LogP contribution in [0.2, 0.25) is 0 Å². The van der Waals surface area contributed by atoms with Crippen molar-refractivity contribution < 1.29 is 9.53 Å². The van der Waals surface area contributed by atoms with Crippen molar-refractivity contribution in [3.63, 3.8) is 0 Å². The van der Waals surface area contributed by atoms with E-state index < -0.39 is 0 Å². The van der Waals surface area contributed by atoms with E-state index in [0.29, 0.717) is 18.3 Å². The predicted molar refractivity (Wildman–Crippen MR) is 97.8 cm³/mol. The van der Waals surface area contributed by atoms with Crippen LogP contribution in [0.1, 0.15) is 18.1 Å². The second-order valence-corrected chi connectivity index (χ2v) is 6.22. The van der Waals surface area contributed by atoms with Gasteiger partial charge in [0, 0.05) is 6.54 Å². The third kappa shape index (κ3) is 3.92. The zero-order chi connectivity index (χ0) is 16.9. The summed E-state index contributed by atoms with van der Waals surface area (Å²) in [5.74, 6) is 0.883. The quantitative estimate of drug-likeness (QED) is 0.821. The highest BCUT2D eigenvalue weighted by Crippen LogP contribution is 2.15. The Hall–Kier alpha value is -2.40. The predicted octanol–water partition coefficient (Wildman–Crippen LogP) is 2.91. The summed E-state index contributed by atoms with van der Waals surface area (Å²) in [6, 6.07) is 17.8. The van der Waals surface area contributed by atoms with E-state index in [1.165, 1.54) is 0 Å². The molecule has 1 fully saturated rings. The lowest BCUT2D eigenvalue weighted by molar-refractivity contribution is -0.126. The number of hydrogen-bond donors (Lipinski definition) is 1. The summed E-state index contributed by atoms with van der Waals surface area (Å²) >= 11 is 5.19. The maximum Gasteiger partial charge on any atom is 0.251 e. The molecule has 124 valence electrons. The molecule has 0 aliphatic carbocycles. The molecule has 0 radical (unpaired) electrons. The minimum absolute atomic E-state index is 0.0443. The molecule has 3 rings (SSSR count). The molecule has 0 saturated carbocycles. The topological polar surface area (TPSA) is 41.6 Å². The fourth-order valence-corrected chi connectivity index (χ4v) is 2.96. The van der Waals surface area contributed by atoms with Crippen LogP contribution in [0.3, 0.4) is 0 Å². The van der Waals surface area contributed by atoms with Crippen molar-refractivity contribution in [2.24, 2.45) is 0 Å². The van der Waals surface area contributed by atoms with Crippen LogP contribution < -0.4 is 10.1 Å². The van der Waals surface area contributed by atoms with E-state index in [2.05, 4.69) is 5.32 Å². The number of nitrogens with zero attached hydrogens (tertiary/aromatic N) is 1. The fourth-order valence-electron chi connectivity index (χ4n) is 2.60. The summed E-state index contributed by atoms with van der Waals surface area (Å²) < 4.78 is 5.78. The van der Waals surface area contributed by atoms with Crippen molar-refractivity contribution in [1.82, 2.24) is 10.2 Å². The van der Waals surface area contributed by atoms with Crippen molar-refractivity contribution in [1.29, 1.82) is 0 Å². The Morgan fingerprint density at radius 2 is 1.79 bits per heavy atom. The smallest absolute Gasteiger partial charge is 0.251 e. The molecule has 1 atom stereocenters. The molecule has 2 aromatic carbocycles. The van der Waals surface area contributed by atoms with E-state index in [1.807, 2.05) is 61.5 Å². The first kappa shape index (κ1) is 16.5. The minimum Gasteiger partial charge on any atom is -0.489 e. The Kier molecular flexibility index (Phi) is 5.11. The summed E-state index contributed by atoms with van der Waals surface area (Å²) in [5, 5.41) is 3.51. The van der Waals surface area contributed by atoms with Gasteiger partial charge in [0.05, 0.1) is 0 Å². The van der Waals surface area contributed by atoms with Crippen LogP contribution in [0.5, 0.6) is 5.75 Å². The Morgan fingerprint density at radius 1 is 1.08 bits per heavy atom. The van der Waals surface area contributed by atoms with E-state index >= 15 is 0 Å². The standard InChI is InChI=1S/C19H20N2O2S/c1-14-18(22)21(19(24)20-14)12-11-15-7-9-17(10-8-15)23-13-16-5-3-2-4-6-16/h2-10,14H,11-13H2,1H3,(H,20,24). The molecular weight excluding hydrogens is 320 g/mol. The number of rotatable bonds is 6. The number of carbonyl (C=O) groups is 1. The third-order valence-corrected chi connectivity index (χ3v) is 4.36. The summed E-state index contributed by atoms with van der Waals surface area (Å²) in [7, 11) is 0. The minimum atomic E-state index is -0.216. The van der Waals surface area contributed by atoms with Gasteiger partial charge in [0.25, 0.3) is 5.91 Å². The highest BCUT2D eigenvalue weighted by molar-refractivity contribution is 7.80. The summed E-state index contributed by atoms with van der Waals surface area (Å²) in [6.07, 6.45) is 0.763. The number of thiocarbonyl (C=S) groups is 1. The van der Waals surface area contributed by atoms with Gasteiger partial charge in [-0.05, 0) is 48.8 Å². The third-order valence-electron chi connectivity index (χ3n) is 4.02. The fraction of sp³-hybridized carbons (Fsp3) is 0.263. The van der Waals surface area contributed by atoms with Gasteiger partial charge in [-0.2, -0.15) is 0 Å². The van der Waals surface area contributed by atoms with Crippen LogP contribution >= 0.6 is 12.2 Å². The van der Waals surface area contributed by atoms with E-state index in [0.717, 1.165) is 23.3 Å². The van der Waals surface area contributed by atoms with Gasteiger partial charge in [-0.3, -0.25) is 9.69 Å². The lowest BCUT2D eigenvalue weighted by atomic mass is 10.1. The SMILES string of the molecule is CC1NC(=S)N(CCc2ccc(OCc3ccccc3)cc2)C1=O. The highest BCUT2D eigenvalue weighted by atomic mass is 32.1. The molecule has 0 aromatic heterocycles. The van der Waals surface area contributed by atoms with Gasteiger partial charge in [0.1, 0.15) is 18.4 Å². The maximum atomic E-state index is 12.0. The van der Waals surface area contributed by atoms with Gasteiger partial charge in [-0.15, -0.1) is 0 Å². The van der Waals surface area contributed by atoms with Gasteiger partial charge in [0.2, 0.25) is 0 Å². The molecule has 1 N–H and O–H groups in total. The largest absolute Gasteiger partial charge is 0.489 e. The molecular formula is C19H20N2O2S. The molecule has 1 aliphatic rings. The number of amides is 1. The molecule has 1 amide bonds. The van der Waals surface area contributed by atoms with Crippen LogP contribution in [0.15, 0.2) is 54.6 Å². The van der Waals surface area contributed by atoms with Gasteiger partial charge >= 0.3 is 0 Å². The first-order valence-corrected chi connectivity index (χ1v) is 8.42. The first-order valence-electron chi connectivity index (χ1n) is 8.01. The number of hydrogen-bond acceptors (Lipinski definition) is 3. The second kappa shape index (κ2) is 7.45. The zero-order valence-electron chi connectivity index (χ0n) is 13.6. The van der Waals surface area contributed by atoms with Crippen molar-refractivity contribution in [2.45, 2.75) is 26.0 Å². The van der Waals surface area contributed by atoms with Crippen molar-refractivity contribution in [3.05, 3.63) is 65.7 Å². The van der Waals surface area contributed by atoms with Crippen LogP contribution in [-0.2, 0) is 17.8 Å². The molecule has 0 spiro atoms. The van der Waals surface area contributed by atoms with E-state index in [-0.39, 0.29) is 11.9 Å². The van der Waals surface area contributed by atoms with Crippen LogP contribution in [0, 0.1) is 0 Å². The first-order chi connectivity index (χ1) is 11.6. The molecule has 1 aliphatic heterocycles. The monoisotopic (exact) mass is 340 g/mol. The summed E-state index contributed by atoms with van der Waals surface area (Å²) in [4.78, 5) is 13.6. The normalized spacial score (nSPS) is 17.0. The van der Waals surface area contributed by atoms with Gasteiger partial charge < -0.3 is 10.1 Å². The molecule has 2 aromatic rings. The molecule has 0 bridgehead atoms. The molecule has 24 heavy (non-hydrogen) atoms. The van der Waals surface area contributed by atoms with E-state index in [1.54, 1.807) is 4.90 Å². The Labute approximate surface area is 147 Å². The van der Waals surface area contributed by atoms with E-state index in [9.17, 15) is 4.79 Å². The molecule has 1 saturated heterocycles. The number of carbonyl (C=O) groups excluding carboxylic acids is 1. The number of ether oxygens (including phenoxy) is 1. The summed E-state index contributed by atoms with van der Waals surface area (Å²) in [5.41, 5.74) is 2.29. The van der Waals surface area contributed by atoms with Gasteiger partial charge in [-0.1, -0.05) is 42.5 Å². The van der Waals surface area contributed by atoms with Crippen molar-refractivity contribution in [3.8, 4) is 5.75 Å². The van der Waals surface area contributed by atoms with Crippen molar-refractivity contribution >= 4 is 23.2 Å². The molecule has 4 nitrogen and oxygen atoms in total. The second-order valence-electron chi connectivity index (χ2n) is 5.83. The average molecular weight is 340 g/mol. The Bertz CT molecular complexity index is 716. The highest BCUT2D eigenvalue weighted by Gasteiger charge is 2.31. The average Bonchev–Trinajstić information content (AvgIpc) is 2.85. The van der Waals surface area contributed by atoms with Crippen LogP contribution in [0.4, 0.5) is 0 Å². The lowest BCUT2D eigenvalue weighted by Gasteiger charge is -2.14. The number of benzene rings is 2. The number of nitrogens with one attached hydrogen (secondary N) is 1. The van der Waals surface area contributed by atoms with Crippen molar-refractivity contribution in [2.75, 3.05) is 6.54 Å². The Morgan fingerprint density at radius 3 is 2.42 bits per heavy atom. The maximum absolute atomic E-state index is 12.0. The van der Waals surface area contributed by atoms with Crippen LogP contribution in [0.25, 0.3) is 0 Å². The van der Waals surface area contributed by atoms with Crippen LogP contribution in [-0.4, -0.2) is 28.5 Å². The lowest BCUT2D eigenvalue weighted by Crippen LogP contribution is -2.32. The molecule has 1 unspecified atom stereocenters. The summed E-state index contributed by atoms with van der Waals surface area (Å²) in [6.45, 7) is 2.98. The van der Waals surface area contributed by atoms with Gasteiger partial charge in [-0.25, -0.2) is 0 Å². The molecule has 5 heteroatoms. The van der Waals surface area contributed by atoms with E-state index in [4.69, 9.17) is 17.0 Å². The van der Waals surface area contributed by atoms with Gasteiger partial charge in [0.15, 0.2) is 5.11 Å². The molecule has 1 heterocycles. The zero-order valence-corrected chi connectivity index (χ0v) is 14.4.